The van der Waals surface area contributed by atoms with Crippen molar-refractivity contribution >= 4 is 38.5 Å². The van der Waals surface area contributed by atoms with Gasteiger partial charge in [0.2, 0.25) is 11.8 Å². The Morgan fingerprint density at radius 1 is 1.11 bits per heavy atom. The average Bonchev–Trinajstić information content (AvgIpc) is 2.96. The minimum Gasteiger partial charge on any atom is -0.507 e. The highest BCUT2D eigenvalue weighted by atomic mass is 32.2. The van der Waals surface area contributed by atoms with Crippen LogP contribution >= 0.6 is 0 Å². The summed E-state index contributed by atoms with van der Waals surface area (Å²) >= 11 is 0. The Labute approximate surface area is 249 Å². The number of nitrogens with zero attached hydrogens (tertiary/aromatic N) is 5. The van der Waals surface area contributed by atoms with Crippen molar-refractivity contribution in [2.24, 2.45) is 5.73 Å². The van der Waals surface area contributed by atoms with Gasteiger partial charge in [-0.1, -0.05) is 24.8 Å². The van der Waals surface area contributed by atoms with Gasteiger partial charge in [-0.25, -0.2) is 31.5 Å². The summed E-state index contributed by atoms with van der Waals surface area (Å²) in [6, 6.07) is 9.00. The van der Waals surface area contributed by atoms with Crippen molar-refractivity contribution in [2.75, 3.05) is 30.8 Å². The molecule has 0 unspecified atom stereocenters. The predicted octanol–water partition coefficient (Wildman–Crippen LogP) is 1.91. The van der Waals surface area contributed by atoms with E-state index < -0.39 is 62.0 Å². The van der Waals surface area contributed by atoms with Crippen molar-refractivity contribution in [2.45, 2.75) is 17.4 Å². The molecule has 1 aliphatic heterocycles. The maximum Gasteiger partial charge on any atom is 0.355 e. The number of pyridine rings is 1. The molecule has 0 spiro atoms. The van der Waals surface area contributed by atoms with Gasteiger partial charge in [-0.15, -0.1) is 0 Å². The molecule has 4 aromatic rings. The molecule has 1 fully saturated rings. The molecule has 15 heteroatoms. The van der Waals surface area contributed by atoms with Crippen LogP contribution in [0.4, 0.5) is 14.6 Å². The molecule has 5 rings (SSSR count). The van der Waals surface area contributed by atoms with Gasteiger partial charge in [-0.2, -0.15) is 4.98 Å². The van der Waals surface area contributed by atoms with E-state index in [0.717, 1.165) is 35.1 Å². The second kappa shape index (κ2) is 11.5. The maximum atomic E-state index is 15.8. The first kappa shape index (κ1) is 30.3. The number of phenols is 1. The van der Waals surface area contributed by atoms with E-state index >= 15 is 4.39 Å². The number of fused-ring (bicyclic) bond motifs is 1. The van der Waals surface area contributed by atoms with Gasteiger partial charge >= 0.3 is 5.69 Å². The van der Waals surface area contributed by atoms with Crippen LogP contribution in [-0.2, 0) is 19.4 Å². The Bertz CT molecular complexity index is 2000. The van der Waals surface area contributed by atoms with Crippen LogP contribution in [0.3, 0.4) is 0 Å². The largest absolute Gasteiger partial charge is 0.507 e. The highest BCUT2D eigenvalue weighted by molar-refractivity contribution is 7.90. The highest BCUT2D eigenvalue weighted by Gasteiger charge is 2.34. The third-order valence-electron chi connectivity index (χ3n) is 7.21. The summed E-state index contributed by atoms with van der Waals surface area (Å²) in [4.78, 5) is 49.3. The molecule has 0 saturated carbocycles. The molecule has 0 bridgehead atoms. The number of hydrogen-bond acceptors (Lipinski definition) is 9. The van der Waals surface area contributed by atoms with Gasteiger partial charge in [0, 0.05) is 32.3 Å². The molecular formula is C29H26F2N6O6S. The second-order valence-corrected chi connectivity index (χ2v) is 12.1. The number of rotatable bonds is 7. The number of aromatic hydroxyl groups is 1. The van der Waals surface area contributed by atoms with Gasteiger partial charge in [-0.05, 0) is 36.4 Å². The van der Waals surface area contributed by atoms with Crippen LogP contribution in [0.15, 0.2) is 70.9 Å². The molecule has 1 atom stereocenters. The lowest BCUT2D eigenvalue weighted by atomic mass is 10.1. The normalized spacial score (nSPS) is 15.4. The number of nitrogens with two attached hydrogens (primary N) is 1. The standard InChI is InChI=1S/C29H26F2N6O6S/c1-3-24(40)35-11-12-36(16(15-35)13-23(32)39)27-17-14-19(31)26(25-18(30)7-6-9-21(25)38)33-28(17)37(29(41)34-27)20-8-4-5-10-22(20)44(2,42)43/h3-10,14,16,38H,1,11-13,15H2,2H3,(H2,32,39)/t16-/m0/s1. The molecule has 12 nitrogen and oxygen atoms in total. The molecule has 2 aromatic carbocycles. The number of benzene rings is 2. The third kappa shape index (κ3) is 5.48. The number of piperazine rings is 1. The van der Waals surface area contributed by atoms with Crippen molar-refractivity contribution in [3.8, 4) is 22.7 Å². The predicted molar refractivity (Wildman–Crippen MR) is 157 cm³/mol. The second-order valence-electron chi connectivity index (χ2n) is 10.1. The van der Waals surface area contributed by atoms with Crippen molar-refractivity contribution in [1.29, 1.82) is 0 Å². The Morgan fingerprint density at radius 3 is 2.50 bits per heavy atom. The minimum absolute atomic E-state index is 0.00590. The number of primary amides is 1. The first-order valence-electron chi connectivity index (χ1n) is 13.2. The summed E-state index contributed by atoms with van der Waals surface area (Å²) in [6.07, 6.45) is 1.79. The lowest BCUT2D eigenvalue weighted by Gasteiger charge is -2.41. The molecule has 3 N–H and O–H groups in total. The van der Waals surface area contributed by atoms with E-state index in [2.05, 4.69) is 16.5 Å². The van der Waals surface area contributed by atoms with E-state index in [1.807, 2.05) is 0 Å². The summed E-state index contributed by atoms with van der Waals surface area (Å²) in [5.41, 5.74) is 2.78. The smallest absolute Gasteiger partial charge is 0.355 e. The van der Waals surface area contributed by atoms with Crippen LogP contribution in [0.5, 0.6) is 5.75 Å². The molecule has 1 saturated heterocycles. The van der Waals surface area contributed by atoms with E-state index in [9.17, 15) is 32.3 Å². The van der Waals surface area contributed by atoms with Crippen molar-refractivity contribution in [1.82, 2.24) is 19.4 Å². The van der Waals surface area contributed by atoms with Crippen LogP contribution < -0.4 is 16.3 Å². The fraction of sp³-hybridized carbons (Fsp3) is 0.207. The summed E-state index contributed by atoms with van der Waals surface area (Å²) < 4.78 is 57.0. The summed E-state index contributed by atoms with van der Waals surface area (Å²) in [7, 11) is -3.92. The number of amides is 2. The molecule has 228 valence electrons. The number of hydrogen-bond donors (Lipinski definition) is 2. The lowest BCUT2D eigenvalue weighted by molar-refractivity contribution is -0.127. The lowest BCUT2D eigenvalue weighted by Crippen LogP contribution is -2.56. The van der Waals surface area contributed by atoms with Gasteiger partial charge in [0.15, 0.2) is 21.3 Å². The average molecular weight is 625 g/mol. The number of aromatic nitrogens is 3. The zero-order valence-electron chi connectivity index (χ0n) is 23.3. The fourth-order valence-electron chi connectivity index (χ4n) is 5.29. The number of halogens is 2. The molecular weight excluding hydrogens is 598 g/mol. The van der Waals surface area contributed by atoms with Crippen LogP contribution in [-0.4, -0.2) is 76.7 Å². The van der Waals surface area contributed by atoms with Gasteiger partial charge < -0.3 is 20.6 Å². The van der Waals surface area contributed by atoms with Crippen molar-refractivity contribution in [3.05, 3.63) is 83.3 Å². The topological polar surface area (TPSA) is 169 Å². The monoisotopic (exact) mass is 624 g/mol. The van der Waals surface area contributed by atoms with Crippen LogP contribution in [0.1, 0.15) is 6.42 Å². The summed E-state index contributed by atoms with van der Waals surface area (Å²) in [5, 5.41) is 10.3. The number of phenolic OH excluding ortho intramolecular Hbond substituents is 1. The van der Waals surface area contributed by atoms with Gasteiger partial charge in [-0.3, -0.25) is 9.59 Å². The Hall–Kier alpha value is -5.18. The zero-order chi connectivity index (χ0) is 31.9. The van der Waals surface area contributed by atoms with E-state index in [1.165, 1.54) is 40.1 Å². The summed E-state index contributed by atoms with van der Waals surface area (Å²) in [6.45, 7) is 3.64. The van der Waals surface area contributed by atoms with E-state index in [4.69, 9.17) is 5.73 Å². The Balaban J connectivity index is 1.85. The SMILES string of the molecule is C=CC(=O)N1CCN(c2nc(=O)n(-c3ccccc3S(C)(=O)=O)c3nc(-c4c(O)cccc4F)c(F)cc23)[C@@H](CC(N)=O)C1. The number of carbonyl (C=O) groups is 2. The van der Waals surface area contributed by atoms with Crippen LogP contribution in [0.25, 0.3) is 28.0 Å². The van der Waals surface area contributed by atoms with Crippen molar-refractivity contribution in [3.63, 3.8) is 0 Å². The fourth-order valence-corrected chi connectivity index (χ4v) is 6.15. The van der Waals surface area contributed by atoms with Crippen LogP contribution in [0, 0.1) is 11.6 Å². The van der Waals surface area contributed by atoms with E-state index in [1.54, 1.807) is 0 Å². The Kier molecular flexibility index (Phi) is 7.90. The van der Waals surface area contributed by atoms with Gasteiger partial charge in [0.25, 0.3) is 0 Å². The van der Waals surface area contributed by atoms with E-state index in [-0.39, 0.29) is 53.5 Å². The van der Waals surface area contributed by atoms with E-state index in [0.29, 0.717) is 0 Å². The third-order valence-corrected chi connectivity index (χ3v) is 8.36. The van der Waals surface area contributed by atoms with Gasteiger partial charge in [0.1, 0.15) is 23.1 Å². The minimum atomic E-state index is -3.92. The molecule has 2 aromatic heterocycles. The molecule has 0 radical (unpaired) electrons. The zero-order valence-corrected chi connectivity index (χ0v) is 24.1. The first-order valence-corrected chi connectivity index (χ1v) is 15.1. The maximum absolute atomic E-state index is 15.8. The molecule has 2 amide bonds. The Morgan fingerprint density at radius 2 is 1.84 bits per heavy atom. The molecule has 1 aliphatic rings. The number of carbonyl (C=O) groups excluding carboxylic acids is 2. The number of para-hydroxylation sites is 1. The quantitative estimate of drug-likeness (QED) is 0.292. The number of sulfone groups is 1. The molecule has 0 aliphatic carbocycles. The van der Waals surface area contributed by atoms with Gasteiger partial charge in [0.05, 0.1) is 27.6 Å². The van der Waals surface area contributed by atoms with Crippen molar-refractivity contribution < 1.29 is 31.9 Å². The first-order chi connectivity index (χ1) is 20.8. The highest BCUT2D eigenvalue weighted by Crippen LogP contribution is 2.36. The molecule has 3 heterocycles. The molecule has 44 heavy (non-hydrogen) atoms. The summed E-state index contributed by atoms with van der Waals surface area (Å²) in [5.74, 6) is -3.94. The van der Waals surface area contributed by atoms with Crippen LogP contribution in [0.2, 0.25) is 0 Å². The number of anilines is 1.